The molecule has 0 fully saturated rings. The summed E-state index contributed by atoms with van der Waals surface area (Å²) in [5.41, 5.74) is 1.24. The first kappa shape index (κ1) is 13.8. The van der Waals surface area contributed by atoms with E-state index in [9.17, 15) is 4.79 Å². The van der Waals surface area contributed by atoms with Gasteiger partial charge in [0.05, 0.1) is 6.04 Å². The number of carbonyl (C=O) groups excluding carboxylic acids is 1. The Morgan fingerprint density at radius 1 is 1.23 bits per heavy atom. The van der Waals surface area contributed by atoms with Crippen LogP contribution in [0.1, 0.15) is 21.4 Å². The third-order valence-corrected chi connectivity index (χ3v) is 5.82. The first-order valence-electron chi connectivity index (χ1n) is 7.20. The van der Waals surface area contributed by atoms with Crippen LogP contribution in [0.25, 0.3) is 0 Å². The second-order valence-electron chi connectivity index (χ2n) is 5.17. The summed E-state index contributed by atoms with van der Waals surface area (Å²) in [6.07, 6.45) is 2.34. The van der Waals surface area contributed by atoms with Gasteiger partial charge in [-0.15, -0.1) is 22.7 Å². The fourth-order valence-electron chi connectivity index (χ4n) is 2.91. The molecule has 1 atom stereocenters. The third kappa shape index (κ3) is 2.32. The highest BCUT2D eigenvalue weighted by molar-refractivity contribution is 7.10. The topological polar surface area (TPSA) is 38.8 Å². The standard InChI is InChI=1S/C16H15NO3S2/c18-16(12-10-19-6-7-20-12)17-5-3-13-11(4-9-22-13)15(17)14-2-1-8-21-14/h1-2,4,8-10,15H,3,5-7H2/t15-/m0/s1. The van der Waals surface area contributed by atoms with Gasteiger partial charge >= 0.3 is 0 Å². The van der Waals surface area contributed by atoms with E-state index in [4.69, 9.17) is 9.47 Å². The van der Waals surface area contributed by atoms with Gasteiger partial charge in [-0.1, -0.05) is 6.07 Å². The van der Waals surface area contributed by atoms with E-state index in [1.165, 1.54) is 21.6 Å². The van der Waals surface area contributed by atoms with Gasteiger partial charge in [-0.2, -0.15) is 0 Å². The summed E-state index contributed by atoms with van der Waals surface area (Å²) in [6.45, 7) is 1.63. The predicted molar refractivity (Wildman–Crippen MR) is 85.9 cm³/mol. The summed E-state index contributed by atoms with van der Waals surface area (Å²) in [5.74, 6) is 0.224. The van der Waals surface area contributed by atoms with Crippen LogP contribution in [-0.2, 0) is 20.7 Å². The van der Waals surface area contributed by atoms with Crippen LogP contribution in [0, 0.1) is 0 Å². The van der Waals surface area contributed by atoms with Crippen LogP contribution >= 0.6 is 22.7 Å². The van der Waals surface area contributed by atoms with E-state index < -0.39 is 0 Å². The molecule has 0 bridgehead atoms. The Morgan fingerprint density at radius 2 is 2.18 bits per heavy atom. The van der Waals surface area contributed by atoms with Gasteiger partial charge in [0.25, 0.3) is 5.91 Å². The number of thiophene rings is 2. The molecule has 4 nitrogen and oxygen atoms in total. The predicted octanol–water partition coefficient (Wildman–Crippen LogP) is 3.17. The van der Waals surface area contributed by atoms with Crippen LogP contribution in [0.2, 0.25) is 0 Å². The molecule has 4 rings (SSSR count). The van der Waals surface area contributed by atoms with Crippen LogP contribution in [0.4, 0.5) is 0 Å². The van der Waals surface area contributed by atoms with Crippen LogP contribution in [0.5, 0.6) is 0 Å². The van der Waals surface area contributed by atoms with Crippen LogP contribution in [0.15, 0.2) is 41.0 Å². The first-order chi connectivity index (χ1) is 10.8. The van der Waals surface area contributed by atoms with Gasteiger partial charge in [0.15, 0.2) is 0 Å². The van der Waals surface area contributed by atoms with Crippen LogP contribution in [-0.4, -0.2) is 30.6 Å². The molecule has 1 amide bonds. The monoisotopic (exact) mass is 333 g/mol. The average Bonchev–Trinajstić information content (AvgIpc) is 3.25. The quantitative estimate of drug-likeness (QED) is 0.847. The highest BCUT2D eigenvalue weighted by Crippen LogP contribution is 2.40. The molecule has 22 heavy (non-hydrogen) atoms. The molecule has 2 aromatic heterocycles. The van der Waals surface area contributed by atoms with E-state index in [0.717, 1.165) is 6.42 Å². The van der Waals surface area contributed by atoms with Crippen molar-refractivity contribution >= 4 is 28.6 Å². The maximum atomic E-state index is 12.9. The largest absolute Gasteiger partial charge is 0.494 e. The van der Waals surface area contributed by atoms with Crippen molar-refractivity contribution in [3.8, 4) is 0 Å². The molecule has 0 N–H and O–H groups in total. The summed E-state index contributed by atoms with van der Waals surface area (Å²) < 4.78 is 10.7. The molecule has 0 spiro atoms. The molecule has 4 heterocycles. The molecule has 0 saturated carbocycles. The molecule has 2 aliphatic heterocycles. The van der Waals surface area contributed by atoms with Gasteiger partial charge < -0.3 is 14.4 Å². The van der Waals surface area contributed by atoms with Gasteiger partial charge in [-0.3, -0.25) is 4.79 Å². The van der Waals surface area contributed by atoms with Crippen molar-refractivity contribution in [1.82, 2.24) is 4.90 Å². The van der Waals surface area contributed by atoms with Gasteiger partial charge in [-0.05, 0) is 34.9 Å². The van der Waals surface area contributed by atoms with Crippen LogP contribution in [0.3, 0.4) is 0 Å². The molecule has 0 unspecified atom stereocenters. The fraction of sp³-hybridized carbons (Fsp3) is 0.312. The minimum absolute atomic E-state index is 0.0195. The zero-order valence-corrected chi connectivity index (χ0v) is 13.5. The van der Waals surface area contributed by atoms with Crippen molar-refractivity contribution in [3.05, 3.63) is 56.3 Å². The number of hydrogen-bond acceptors (Lipinski definition) is 5. The second-order valence-corrected chi connectivity index (χ2v) is 7.15. The molecule has 0 aliphatic carbocycles. The number of hydrogen-bond donors (Lipinski definition) is 0. The van der Waals surface area contributed by atoms with E-state index in [0.29, 0.717) is 25.5 Å². The van der Waals surface area contributed by atoms with Crippen molar-refractivity contribution in [2.45, 2.75) is 12.5 Å². The Morgan fingerprint density at radius 3 is 2.95 bits per heavy atom. The maximum absolute atomic E-state index is 12.9. The second kappa shape index (κ2) is 5.78. The number of carbonyl (C=O) groups is 1. The van der Waals surface area contributed by atoms with E-state index in [2.05, 4.69) is 22.9 Å². The molecule has 114 valence electrons. The summed E-state index contributed by atoms with van der Waals surface area (Å²) in [6, 6.07) is 6.24. The smallest absolute Gasteiger partial charge is 0.293 e. The van der Waals surface area contributed by atoms with E-state index in [1.54, 1.807) is 22.7 Å². The van der Waals surface area contributed by atoms with Crippen molar-refractivity contribution in [3.63, 3.8) is 0 Å². The van der Waals surface area contributed by atoms with Crippen molar-refractivity contribution in [2.75, 3.05) is 19.8 Å². The van der Waals surface area contributed by atoms with Crippen molar-refractivity contribution in [1.29, 1.82) is 0 Å². The van der Waals surface area contributed by atoms with E-state index >= 15 is 0 Å². The molecular formula is C16H15NO3S2. The number of amides is 1. The summed E-state index contributed by atoms with van der Waals surface area (Å²) in [5, 5.41) is 4.16. The SMILES string of the molecule is O=C(C1=COCCO1)N1CCc2sccc2[C@H]1c1cccs1. The molecule has 6 heteroatoms. The third-order valence-electron chi connectivity index (χ3n) is 3.90. The Hall–Kier alpha value is -1.79. The lowest BCUT2D eigenvalue weighted by atomic mass is 9.98. The van der Waals surface area contributed by atoms with Gasteiger partial charge in [-0.25, -0.2) is 0 Å². The Kier molecular flexibility index (Phi) is 3.63. The first-order valence-corrected chi connectivity index (χ1v) is 8.96. The Bertz CT molecular complexity index is 705. The molecule has 2 aliphatic rings. The zero-order valence-electron chi connectivity index (χ0n) is 11.9. The number of nitrogens with zero attached hydrogens (tertiary/aromatic N) is 1. The lowest BCUT2D eigenvalue weighted by Gasteiger charge is -2.36. The molecule has 0 radical (unpaired) electrons. The molecule has 2 aromatic rings. The maximum Gasteiger partial charge on any atom is 0.293 e. The highest BCUT2D eigenvalue weighted by Gasteiger charge is 2.35. The van der Waals surface area contributed by atoms with Gasteiger partial charge in [0, 0.05) is 16.3 Å². The fourth-order valence-corrected chi connectivity index (χ4v) is 4.67. The highest BCUT2D eigenvalue weighted by atomic mass is 32.1. The minimum Gasteiger partial charge on any atom is -0.494 e. The lowest BCUT2D eigenvalue weighted by Crippen LogP contribution is -2.41. The van der Waals surface area contributed by atoms with E-state index in [-0.39, 0.29) is 11.9 Å². The Labute approximate surface area is 136 Å². The summed E-state index contributed by atoms with van der Waals surface area (Å²) in [4.78, 5) is 17.3. The summed E-state index contributed by atoms with van der Waals surface area (Å²) in [7, 11) is 0. The normalized spacial score (nSPS) is 20.6. The van der Waals surface area contributed by atoms with Gasteiger partial charge in [0.2, 0.25) is 5.76 Å². The van der Waals surface area contributed by atoms with Crippen LogP contribution < -0.4 is 0 Å². The lowest BCUT2D eigenvalue weighted by molar-refractivity contribution is -0.134. The van der Waals surface area contributed by atoms with Crippen molar-refractivity contribution < 1.29 is 14.3 Å². The Balaban J connectivity index is 1.72. The summed E-state index contributed by atoms with van der Waals surface area (Å²) >= 11 is 3.46. The van der Waals surface area contributed by atoms with Crippen molar-refractivity contribution in [2.24, 2.45) is 0 Å². The minimum atomic E-state index is -0.0880. The van der Waals surface area contributed by atoms with Gasteiger partial charge in [0.1, 0.15) is 19.5 Å². The molecular weight excluding hydrogens is 318 g/mol. The number of ether oxygens (including phenoxy) is 2. The average molecular weight is 333 g/mol. The number of fused-ring (bicyclic) bond motifs is 1. The number of rotatable bonds is 2. The molecule has 0 saturated heterocycles. The molecule has 0 aromatic carbocycles. The zero-order chi connectivity index (χ0) is 14.9. The van der Waals surface area contributed by atoms with E-state index in [1.807, 2.05) is 11.0 Å².